The van der Waals surface area contributed by atoms with Gasteiger partial charge in [-0.15, -0.1) is 22.7 Å². The van der Waals surface area contributed by atoms with Crippen molar-refractivity contribution in [3.8, 4) is 10.4 Å². The van der Waals surface area contributed by atoms with E-state index in [0.717, 1.165) is 21.6 Å². The molecule has 0 aliphatic rings. The second-order valence-electron chi connectivity index (χ2n) is 4.48. The molecule has 0 aromatic carbocycles. The maximum absolute atomic E-state index is 6.35. The van der Waals surface area contributed by atoms with Gasteiger partial charge in [0.25, 0.3) is 0 Å². The number of thiophene rings is 2. The van der Waals surface area contributed by atoms with Crippen LogP contribution >= 0.6 is 34.3 Å². The Bertz CT molecular complexity index is 704. The fourth-order valence-electron chi connectivity index (χ4n) is 1.91. The topological polar surface area (TPSA) is 29.0 Å². The van der Waals surface area contributed by atoms with Crippen LogP contribution in [0, 0.1) is 0 Å². The molecule has 0 bridgehead atoms. The molecule has 19 heavy (non-hydrogen) atoms. The van der Waals surface area contributed by atoms with Crippen LogP contribution in [-0.4, -0.2) is 29.0 Å². The Hall–Kier alpha value is -1.01. The lowest BCUT2D eigenvalue weighted by molar-refractivity contribution is 0.391. The van der Waals surface area contributed by atoms with Gasteiger partial charge in [-0.25, -0.2) is 9.97 Å². The lowest BCUT2D eigenvalue weighted by Gasteiger charge is -2.08. The van der Waals surface area contributed by atoms with Gasteiger partial charge in [-0.2, -0.15) is 0 Å². The second-order valence-corrected chi connectivity index (χ2v) is 6.64. The van der Waals surface area contributed by atoms with Gasteiger partial charge in [0.15, 0.2) is 0 Å². The van der Waals surface area contributed by atoms with Gasteiger partial charge in [-0.3, -0.25) is 0 Å². The van der Waals surface area contributed by atoms with E-state index in [1.165, 1.54) is 4.88 Å². The zero-order valence-corrected chi connectivity index (χ0v) is 12.9. The summed E-state index contributed by atoms with van der Waals surface area (Å²) in [5.74, 6) is 0.766. The lowest BCUT2D eigenvalue weighted by atomic mass is 10.2. The number of fused-ring (bicyclic) bond motifs is 1. The minimum atomic E-state index is 0.548. The van der Waals surface area contributed by atoms with Crippen LogP contribution in [0.5, 0.6) is 0 Å². The van der Waals surface area contributed by atoms with E-state index >= 15 is 0 Å². The fourth-order valence-corrected chi connectivity index (χ4v) is 4.03. The molecule has 0 aliphatic heterocycles. The molecule has 98 valence electrons. The van der Waals surface area contributed by atoms with Crippen molar-refractivity contribution in [2.24, 2.45) is 0 Å². The lowest BCUT2D eigenvalue weighted by Crippen LogP contribution is -2.13. The maximum Gasteiger partial charge on any atom is 0.145 e. The van der Waals surface area contributed by atoms with E-state index in [1.54, 1.807) is 22.7 Å². The van der Waals surface area contributed by atoms with Crippen molar-refractivity contribution in [2.45, 2.75) is 6.54 Å². The molecule has 3 rings (SSSR count). The average Bonchev–Trinajstić information content (AvgIpc) is 2.94. The molecule has 0 radical (unpaired) electrons. The first-order chi connectivity index (χ1) is 9.15. The predicted molar refractivity (Wildman–Crippen MR) is 83.1 cm³/mol. The third-order valence-corrected chi connectivity index (χ3v) is 4.73. The van der Waals surface area contributed by atoms with Crippen LogP contribution in [0.3, 0.4) is 0 Å². The Balaban J connectivity index is 2.14. The van der Waals surface area contributed by atoms with Gasteiger partial charge in [0.2, 0.25) is 0 Å². The quantitative estimate of drug-likeness (QED) is 0.681. The third-order valence-electron chi connectivity index (χ3n) is 2.68. The number of halogens is 1. The molecule has 0 saturated heterocycles. The van der Waals surface area contributed by atoms with Crippen LogP contribution in [0.2, 0.25) is 5.15 Å². The molecule has 0 spiro atoms. The van der Waals surface area contributed by atoms with E-state index in [0.29, 0.717) is 11.7 Å². The van der Waals surface area contributed by atoms with Crippen molar-refractivity contribution in [1.29, 1.82) is 0 Å². The van der Waals surface area contributed by atoms with Crippen LogP contribution in [0.4, 0.5) is 0 Å². The Kier molecular flexibility index (Phi) is 3.54. The van der Waals surface area contributed by atoms with E-state index in [-0.39, 0.29) is 0 Å². The second kappa shape index (κ2) is 5.17. The van der Waals surface area contributed by atoms with Crippen LogP contribution in [-0.2, 0) is 6.54 Å². The van der Waals surface area contributed by atoms with E-state index in [9.17, 15) is 0 Å². The largest absolute Gasteiger partial charge is 0.302 e. The molecule has 0 atom stereocenters. The number of rotatable bonds is 3. The molecule has 3 aromatic heterocycles. The molecule has 0 amide bonds. The molecular weight excluding hydrogens is 298 g/mol. The molecule has 0 N–H and O–H groups in total. The third kappa shape index (κ3) is 2.51. The standard InChI is InChI=1S/C13H12ClN3S2/c1-17(2)6-10-15-12(14)11-8(7-19-13(11)16-10)9-4-3-5-18-9/h3-5,7H,6H2,1-2H3. The smallest absolute Gasteiger partial charge is 0.145 e. The zero-order chi connectivity index (χ0) is 13.4. The molecule has 0 saturated carbocycles. The summed E-state index contributed by atoms with van der Waals surface area (Å²) in [7, 11) is 3.99. The van der Waals surface area contributed by atoms with Gasteiger partial charge in [-0.05, 0) is 25.5 Å². The highest BCUT2D eigenvalue weighted by molar-refractivity contribution is 7.18. The summed E-state index contributed by atoms with van der Waals surface area (Å²) in [6, 6.07) is 4.13. The van der Waals surface area contributed by atoms with Crippen molar-refractivity contribution < 1.29 is 0 Å². The highest BCUT2D eigenvalue weighted by Crippen LogP contribution is 2.38. The van der Waals surface area contributed by atoms with Gasteiger partial charge >= 0.3 is 0 Å². The molecule has 0 fully saturated rings. The van der Waals surface area contributed by atoms with Crippen molar-refractivity contribution in [3.05, 3.63) is 33.9 Å². The fraction of sp³-hybridized carbons (Fsp3) is 0.231. The zero-order valence-electron chi connectivity index (χ0n) is 10.6. The van der Waals surface area contributed by atoms with Crippen LogP contribution in [0.25, 0.3) is 20.7 Å². The van der Waals surface area contributed by atoms with E-state index in [1.807, 2.05) is 25.1 Å². The Morgan fingerprint density at radius 3 is 2.79 bits per heavy atom. The first-order valence-electron chi connectivity index (χ1n) is 5.77. The predicted octanol–water partition coefficient (Wildman–Crippen LogP) is 4.13. The van der Waals surface area contributed by atoms with Crippen LogP contribution in [0.15, 0.2) is 22.9 Å². The Morgan fingerprint density at radius 2 is 2.11 bits per heavy atom. The van der Waals surface area contributed by atoms with Crippen molar-refractivity contribution in [3.63, 3.8) is 0 Å². The van der Waals surface area contributed by atoms with Crippen molar-refractivity contribution >= 4 is 44.5 Å². The number of hydrogen-bond acceptors (Lipinski definition) is 5. The summed E-state index contributed by atoms with van der Waals surface area (Å²) in [4.78, 5) is 13.2. The summed E-state index contributed by atoms with van der Waals surface area (Å²) in [6.45, 7) is 0.696. The minimum absolute atomic E-state index is 0.548. The highest BCUT2D eigenvalue weighted by atomic mass is 35.5. The van der Waals surface area contributed by atoms with E-state index in [4.69, 9.17) is 11.6 Å². The van der Waals surface area contributed by atoms with Crippen LogP contribution < -0.4 is 0 Å². The van der Waals surface area contributed by atoms with Gasteiger partial charge in [0.1, 0.15) is 15.8 Å². The van der Waals surface area contributed by atoms with E-state index < -0.39 is 0 Å². The molecule has 0 aliphatic carbocycles. The Morgan fingerprint density at radius 1 is 1.26 bits per heavy atom. The molecule has 6 heteroatoms. The minimum Gasteiger partial charge on any atom is -0.302 e. The van der Waals surface area contributed by atoms with Crippen molar-refractivity contribution in [2.75, 3.05) is 14.1 Å². The van der Waals surface area contributed by atoms with Gasteiger partial charge in [0, 0.05) is 15.8 Å². The molecule has 3 nitrogen and oxygen atoms in total. The SMILES string of the molecule is CN(C)Cc1nc(Cl)c2c(-c3cccs3)csc2n1. The summed E-state index contributed by atoms with van der Waals surface area (Å²) in [6.07, 6.45) is 0. The normalized spacial score (nSPS) is 11.6. The number of hydrogen-bond donors (Lipinski definition) is 0. The van der Waals surface area contributed by atoms with Gasteiger partial charge in [0.05, 0.1) is 11.9 Å². The molecule has 0 unspecified atom stereocenters. The Labute approximate surface area is 124 Å². The summed E-state index contributed by atoms with van der Waals surface area (Å²) in [5, 5.41) is 5.69. The van der Waals surface area contributed by atoms with E-state index in [2.05, 4.69) is 26.8 Å². The summed E-state index contributed by atoms with van der Waals surface area (Å²) >= 11 is 9.67. The monoisotopic (exact) mass is 309 g/mol. The van der Waals surface area contributed by atoms with Crippen LogP contribution in [0.1, 0.15) is 5.82 Å². The number of aromatic nitrogens is 2. The summed E-state index contributed by atoms with van der Waals surface area (Å²) in [5.41, 5.74) is 1.14. The first kappa shape index (κ1) is 13.0. The first-order valence-corrected chi connectivity index (χ1v) is 7.91. The molecule has 3 heterocycles. The van der Waals surface area contributed by atoms with Gasteiger partial charge in [-0.1, -0.05) is 17.7 Å². The average molecular weight is 310 g/mol. The number of nitrogens with zero attached hydrogens (tertiary/aromatic N) is 3. The van der Waals surface area contributed by atoms with Gasteiger partial charge < -0.3 is 4.90 Å². The molecule has 3 aromatic rings. The molecular formula is C13H12ClN3S2. The van der Waals surface area contributed by atoms with Crippen molar-refractivity contribution in [1.82, 2.24) is 14.9 Å². The summed E-state index contributed by atoms with van der Waals surface area (Å²) < 4.78 is 0. The maximum atomic E-state index is 6.35. The highest BCUT2D eigenvalue weighted by Gasteiger charge is 2.14.